The third kappa shape index (κ3) is 4.17. The summed E-state index contributed by atoms with van der Waals surface area (Å²) in [5.74, 6) is 0. The molecule has 6 heavy (non-hydrogen) atoms. The monoisotopic (exact) mass is 103 g/mol. The van der Waals surface area contributed by atoms with Gasteiger partial charge < -0.3 is 0 Å². The van der Waals surface area contributed by atoms with Crippen molar-refractivity contribution in [3.63, 3.8) is 0 Å². The molecule has 0 aliphatic carbocycles. The molecule has 2 atom stereocenters. The highest BCUT2D eigenvalue weighted by Gasteiger charge is 1.83. The normalized spacial score (nSPS) is 16.3. The third-order valence-electron chi connectivity index (χ3n) is 0.521. The van der Waals surface area contributed by atoms with E-state index < -0.39 is 0 Å². The van der Waals surface area contributed by atoms with E-state index in [2.05, 4.69) is 19.1 Å². The Morgan fingerprint density at radius 2 is 2.17 bits per heavy atom. The maximum Gasteiger partial charge on any atom is 0.0779 e. The molecule has 0 spiro atoms. The molecular weight excluding hydrogens is 91.0 g/mol. The van der Waals surface area contributed by atoms with Crippen molar-refractivity contribution in [1.82, 2.24) is 0 Å². The number of allylic oxidation sites excluding steroid dienone is 2. The maximum absolute atomic E-state index is 2.18. The molecule has 0 nitrogen and oxygen atoms in total. The Hall–Kier alpha value is 0.170. The SMILES string of the molecule is CC=CC(C)[PH3+]. The molecule has 36 valence electrons. The van der Waals surface area contributed by atoms with Crippen LogP contribution in [0, 0.1) is 0 Å². The molecule has 0 heterocycles. The Morgan fingerprint density at radius 3 is 2.17 bits per heavy atom. The van der Waals surface area contributed by atoms with Crippen molar-refractivity contribution >= 4 is 9.24 Å². The zero-order valence-electron chi connectivity index (χ0n) is 4.44. The van der Waals surface area contributed by atoms with E-state index in [4.69, 9.17) is 0 Å². The molecule has 0 N–H and O–H groups in total. The van der Waals surface area contributed by atoms with Gasteiger partial charge in [-0.25, -0.2) is 0 Å². The van der Waals surface area contributed by atoms with Crippen molar-refractivity contribution in [2.75, 3.05) is 0 Å². The molecule has 0 aromatic rings. The largest absolute Gasteiger partial charge is 0.0878 e. The predicted molar refractivity (Wildman–Crippen MR) is 35.4 cm³/mol. The lowest BCUT2D eigenvalue weighted by Crippen LogP contribution is -1.76. The van der Waals surface area contributed by atoms with Gasteiger partial charge in [-0.2, -0.15) is 0 Å². The minimum Gasteiger partial charge on any atom is -0.0878 e. The quantitative estimate of drug-likeness (QED) is 0.349. The summed E-state index contributed by atoms with van der Waals surface area (Å²) in [4.78, 5) is 0. The van der Waals surface area contributed by atoms with Gasteiger partial charge in [0, 0.05) is 0 Å². The van der Waals surface area contributed by atoms with E-state index in [-0.39, 0.29) is 0 Å². The van der Waals surface area contributed by atoms with E-state index in [0.29, 0.717) is 0 Å². The van der Waals surface area contributed by atoms with Gasteiger partial charge in [-0.05, 0) is 29.2 Å². The highest BCUT2D eigenvalue weighted by atomic mass is 31.0. The Bertz CT molecular complexity index is 45.9. The Kier molecular flexibility index (Phi) is 3.46. The fraction of sp³-hybridized carbons (Fsp3) is 0.600. The van der Waals surface area contributed by atoms with Crippen molar-refractivity contribution in [3.8, 4) is 0 Å². The molecule has 0 rings (SSSR count). The average molecular weight is 103 g/mol. The van der Waals surface area contributed by atoms with Crippen LogP contribution in [0.4, 0.5) is 0 Å². The lowest BCUT2D eigenvalue weighted by molar-refractivity contribution is 1.24. The summed E-state index contributed by atoms with van der Waals surface area (Å²) in [5, 5.41) is 0. The summed E-state index contributed by atoms with van der Waals surface area (Å²) in [6.45, 7) is 4.23. The first-order valence-electron chi connectivity index (χ1n) is 2.23. The summed E-state index contributed by atoms with van der Waals surface area (Å²) >= 11 is 0. The van der Waals surface area contributed by atoms with Gasteiger partial charge in [-0.1, -0.05) is 6.08 Å². The van der Waals surface area contributed by atoms with Gasteiger partial charge in [-0.15, -0.1) is 0 Å². The topological polar surface area (TPSA) is 0 Å². The van der Waals surface area contributed by atoms with Crippen LogP contribution < -0.4 is 0 Å². The molecule has 2 unspecified atom stereocenters. The van der Waals surface area contributed by atoms with Crippen molar-refractivity contribution < 1.29 is 0 Å². The lowest BCUT2D eigenvalue weighted by atomic mass is 10.4. The highest BCUT2D eigenvalue weighted by Crippen LogP contribution is 1.96. The molecule has 0 aliphatic heterocycles. The summed E-state index contributed by atoms with van der Waals surface area (Å²) in [6.07, 6.45) is 4.26. The predicted octanol–water partition coefficient (Wildman–Crippen LogP) is 1.56. The van der Waals surface area contributed by atoms with E-state index in [1.807, 2.05) is 16.2 Å². The van der Waals surface area contributed by atoms with Crippen molar-refractivity contribution in [3.05, 3.63) is 12.2 Å². The van der Waals surface area contributed by atoms with E-state index in [1.54, 1.807) is 0 Å². The molecule has 0 aromatic carbocycles. The Balaban J connectivity index is 3.03. The van der Waals surface area contributed by atoms with Gasteiger partial charge in [0.15, 0.2) is 0 Å². The van der Waals surface area contributed by atoms with Crippen LogP contribution in [0.25, 0.3) is 0 Å². The van der Waals surface area contributed by atoms with Gasteiger partial charge in [0.1, 0.15) is 0 Å². The van der Waals surface area contributed by atoms with Crippen molar-refractivity contribution in [2.24, 2.45) is 0 Å². The lowest BCUT2D eigenvalue weighted by Gasteiger charge is -1.80. The number of hydrogen-bond acceptors (Lipinski definition) is 0. The molecule has 1 heteroatoms. The molecule has 0 amide bonds. The van der Waals surface area contributed by atoms with E-state index in [1.165, 1.54) is 0 Å². The van der Waals surface area contributed by atoms with Gasteiger partial charge in [0.05, 0.1) is 5.66 Å². The Labute approximate surface area is 41.8 Å². The van der Waals surface area contributed by atoms with Crippen LogP contribution in [-0.4, -0.2) is 5.66 Å². The van der Waals surface area contributed by atoms with Gasteiger partial charge in [0.25, 0.3) is 0 Å². The van der Waals surface area contributed by atoms with Crippen molar-refractivity contribution in [1.29, 1.82) is 0 Å². The summed E-state index contributed by atoms with van der Waals surface area (Å²) in [5.41, 5.74) is 0.745. The standard InChI is InChI=1S/C5H11P/c1-3-4-5(2)6/h3-5H,6H2,1-2H3/p+1. The fourth-order valence-corrected chi connectivity index (χ4v) is 0.601. The van der Waals surface area contributed by atoms with E-state index >= 15 is 0 Å². The summed E-state index contributed by atoms with van der Waals surface area (Å²) in [7, 11) is 1.99. The molecular formula is C5H12P+. The van der Waals surface area contributed by atoms with E-state index in [0.717, 1.165) is 5.66 Å². The van der Waals surface area contributed by atoms with Crippen LogP contribution in [-0.2, 0) is 0 Å². The van der Waals surface area contributed by atoms with Crippen LogP contribution >= 0.6 is 9.24 Å². The summed E-state index contributed by atoms with van der Waals surface area (Å²) < 4.78 is 0. The van der Waals surface area contributed by atoms with Gasteiger partial charge in [0.2, 0.25) is 0 Å². The molecule has 0 saturated carbocycles. The first kappa shape index (κ1) is 6.17. The minimum atomic E-state index is 0.745. The average Bonchev–Trinajstić information content (AvgIpc) is 1.35. The first-order valence-corrected chi connectivity index (χ1v) is 3.05. The molecule has 0 saturated heterocycles. The molecule has 0 fully saturated rings. The fourth-order valence-electron chi connectivity index (χ4n) is 0.329. The van der Waals surface area contributed by atoms with Crippen LogP contribution in [0.15, 0.2) is 12.2 Å². The third-order valence-corrected chi connectivity index (χ3v) is 0.793. The minimum absolute atomic E-state index is 0.745. The first-order chi connectivity index (χ1) is 2.77. The molecule has 0 aliphatic rings. The second-order valence-corrected chi connectivity index (χ2v) is 2.79. The number of rotatable bonds is 1. The van der Waals surface area contributed by atoms with Crippen LogP contribution in [0.3, 0.4) is 0 Å². The zero-order chi connectivity index (χ0) is 4.99. The summed E-state index contributed by atoms with van der Waals surface area (Å²) in [6, 6.07) is 0. The Morgan fingerprint density at radius 1 is 1.67 bits per heavy atom. The van der Waals surface area contributed by atoms with Crippen LogP contribution in [0.5, 0.6) is 0 Å². The van der Waals surface area contributed by atoms with Crippen LogP contribution in [0.2, 0.25) is 0 Å². The number of hydrogen-bond donors (Lipinski definition) is 0. The van der Waals surface area contributed by atoms with Crippen LogP contribution in [0.1, 0.15) is 13.8 Å². The second kappa shape index (κ2) is 3.36. The molecule has 0 aromatic heterocycles. The van der Waals surface area contributed by atoms with Crippen molar-refractivity contribution in [2.45, 2.75) is 19.5 Å². The smallest absolute Gasteiger partial charge is 0.0779 e. The maximum atomic E-state index is 2.18. The van der Waals surface area contributed by atoms with E-state index in [9.17, 15) is 0 Å². The van der Waals surface area contributed by atoms with Gasteiger partial charge >= 0.3 is 0 Å². The zero-order valence-corrected chi connectivity index (χ0v) is 5.85. The van der Waals surface area contributed by atoms with Gasteiger partial charge in [-0.3, -0.25) is 0 Å². The molecule has 0 radical (unpaired) electrons. The molecule has 0 bridgehead atoms. The second-order valence-electron chi connectivity index (χ2n) is 1.50. The highest BCUT2D eigenvalue weighted by molar-refractivity contribution is 7.17.